The first-order chi connectivity index (χ1) is 5.31. The topological polar surface area (TPSA) is 9.23 Å². The van der Waals surface area contributed by atoms with Crippen molar-refractivity contribution in [3.63, 3.8) is 0 Å². The van der Waals surface area contributed by atoms with Gasteiger partial charge in [0, 0.05) is 5.92 Å². The van der Waals surface area contributed by atoms with Crippen LogP contribution >= 0.6 is 0 Å². The van der Waals surface area contributed by atoms with Crippen molar-refractivity contribution >= 4 is 0 Å². The summed E-state index contributed by atoms with van der Waals surface area (Å²) in [4.78, 5) is 0. The van der Waals surface area contributed by atoms with Crippen molar-refractivity contribution in [1.82, 2.24) is 0 Å². The maximum Gasteiger partial charge on any atom is 0.0920 e. The summed E-state index contributed by atoms with van der Waals surface area (Å²) in [5, 5.41) is 0. The molecule has 0 heterocycles. The average Bonchev–Trinajstić information content (AvgIpc) is 2.62. The van der Waals surface area contributed by atoms with Crippen molar-refractivity contribution in [1.29, 1.82) is 0 Å². The molecule has 0 unspecified atom stereocenters. The summed E-state index contributed by atoms with van der Waals surface area (Å²) >= 11 is 0. The zero-order valence-electron chi connectivity index (χ0n) is 6.92. The van der Waals surface area contributed by atoms with Gasteiger partial charge in [0.05, 0.1) is 12.9 Å². The van der Waals surface area contributed by atoms with Crippen LogP contribution in [0.15, 0.2) is 24.5 Å². The highest BCUT2D eigenvalue weighted by molar-refractivity contribution is 5.15. The standard InChI is InChI=1S/C10H14O/c1-7(11-2)10-6-8-3-4-9(10)5-8/h3-4,8-10H,1,5-6H2,2H3/t8-,9+,10+/m0/s1. The van der Waals surface area contributed by atoms with E-state index in [1.54, 1.807) is 7.11 Å². The van der Waals surface area contributed by atoms with Crippen LogP contribution in [0.3, 0.4) is 0 Å². The molecular weight excluding hydrogens is 136 g/mol. The van der Waals surface area contributed by atoms with E-state index in [4.69, 9.17) is 4.74 Å². The molecule has 2 rings (SSSR count). The van der Waals surface area contributed by atoms with Crippen molar-refractivity contribution in [3.05, 3.63) is 24.5 Å². The third kappa shape index (κ3) is 0.991. The van der Waals surface area contributed by atoms with E-state index in [1.807, 2.05) is 0 Å². The summed E-state index contributed by atoms with van der Waals surface area (Å²) in [6.45, 7) is 3.92. The SMILES string of the molecule is C=C(OC)[C@H]1C[C@H]2C=C[C@@H]1C2. The molecule has 2 bridgehead atoms. The quantitative estimate of drug-likeness (QED) is 0.433. The molecule has 1 fully saturated rings. The summed E-state index contributed by atoms with van der Waals surface area (Å²) in [5.74, 6) is 3.13. The van der Waals surface area contributed by atoms with Crippen LogP contribution in [0.1, 0.15) is 12.8 Å². The number of fused-ring (bicyclic) bond motifs is 2. The molecule has 0 aromatic rings. The van der Waals surface area contributed by atoms with Crippen LogP contribution in [0.5, 0.6) is 0 Å². The second-order valence-corrected chi connectivity index (χ2v) is 3.56. The lowest BCUT2D eigenvalue weighted by Crippen LogP contribution is -2.10. The van der Waals surface area contributed by atoms with Crippen molar-refractivity contribution in [2.24, 2.45) is 17.8 Å². The fourth-order valence-electron chi connectivity index (χ4n) is 2.30. The molecule has 60 valence electrons. The van der Waals surface area contributed by atoms with E-state index in [2.05, 4.69) is 18.7 Å². The smallest absolute Gasteiger partial charge is 0.0920 e. The van der Waals surface area contributed by atoms with Crippen LogP contribution in [0.25, 0.3) is 0 Å². The molecule has 0 radical (unpaired) electrons. The number of hydrogen-bond donors (Lipinski definition) is 0. The number of methoxy groups -OCH3 is 1. The van der Waals surface area contributed by atoms with Crippen molar-refractivity contribution < 1.29 is 4.74 Å². The van der Waals surface area contributed by atoms with Crippen molar-refractivity contribution in [2.75, 3.05) is 7.11 Å². The average molecular weight is 150 g/mol. The van der Waals surface area contributed by atoms with Gasteiger partial charge in [-0.05, 0) is 24.7 Å². The maximum absolute atomic E-state index is 5.16. The van der Waals surface area contributed by atoms with E-state index < -0.39 is 0 Å². The summed E-state index contributed by atoms with van der Waals surface area (Å²) < 4.78 is 5.16. The minimum absolute atomic E-state index is 0.606. The Hall–Kier alpha value is -0.720. The second-order valence-electron chi connectivity index (χ2n) is 3.56. The van der Waals surface area contributed by atoms with E-state index in [0.717, 1.165) is 17.6 Å². The second kappa shape index (κ2) is 2.40. The molecule has 0 aliphatic heterocycles. The Bertz CT molecular complexity index is 205. The Kier molecular flexibility index (Phi) is 1.52. The lowest BCUT2D eigenvalue weighted by Gasteiger charge is -2.18. The minimum Gasteiger partial charge on any atom is -0.501 e. The first-order valence-corrected chi connectivity index (χ1v) is 4.22. The highest BCUT2D eigenvalue weighted by Gasteiger charge is 2.37. The van der Waals surface area contributed by atoms with Crippen LogP contribution in [0.2, 0.25) is 0 Å². The van der Waals surface area contributed by atoms with Crippen LogP contribution in [-0.2, 0) is 4.74 Å². The fraction of sp³-hybridized carbons (Fsp3) is 0.600. The Morgan fingerprint density at radius 3 is 2.73 bits per heavy atom. The summed E-state index contributed by atoms with van der Waals surface area (Å²) in [5.41, 5.74) is 0. The summed E-state index contributed by atoms with van der Waals surface area (Å²) in [6, 6.07) is 0. The Morgan fingerprint density at radius 1 is 1.45 bits per heavy atom. The van der Waals surface area contributed by atoms with Gasteiger partial charge in [0.2, 0.25) is 0 Å². The van der Waals surface area contributed by atoms with Crippen LogP contribution < -0.4 is 0 Å². The third-order valence-electron chi connectivity index (χ3n) is 2.95. The number of hydrogen-bond acceptors (Lipinski definition) is 1. The predicted octanol–water partition coefficient (Wildman–Crippen LogP) is 2.36. The molecule has 0 spiro atoms. The summed E-state index contributed by atoms with van der Waals surface area (Å²) in [6.07, 6.45) is 7.24. The first kappa shape index (κ1) is 6.96. The Morgan fingerprint density at radius 2 is 2.27 bits per heavy atom. The van der Waals surface area contributed by atoms with Gasteiger partial charge in [-0.15, -0.1) is 0 Å². The van der Waals surface area contributed by atoms with Gasteiger partial charge in [-0.1, -0.05) is 18.7 Å². The van der Waals surface area contributed by atoms with Gasteiger partial charge in [-0.2, -0.15) is 0 Å². The van der Waals surface area contributed by atoms with Crippen LogP contribution in [0, 0.1) is 17.8 Å². The number of ether oxygens (including phenoxy) is 1. The molecule has 0 aromatic carbocycles. The van der Waals surface area contributed by atoms with Crippen molar-refractivity contribution in [3.8, 4) is 0 Å². The molecule has 0 saturated heterocycles. The van der Waals surface area contributed by atoms with Gasteiger partial charge >= 0.3 is 0 Å². The van der Waals surface area contributed by atoms with Gasteiger partial charge in [-0.3, -0.25) is 0 Å². The van der Waals surface area contributed by atoms with Crippen LogP contribution in [-0.4, -0.2) is 7.11 Å². The highest BCUT2D eigenvalue weighted by atomic mass is 16.5. The lowest BCUT2D eigenvalue weighted by molar-refractivity contribution is 0.229. The largest absolute Gasteiger partial charge is 0.501 e. The van der Waals surface area contributed by atoms with E-state index in [-0.39, 0.29) is 0 Å². The van der Waals surface area contributed by atoms with E-state index in [1.165, 1.54) is 12.8 Å². The molecular formula is C10H14O. The molecule has 0 N–H and O–H groups in total. The number of rotatable bonds is 2. The van der Waals surface area contributed by atoms with Gasteiger partial charge in [0.15, 0.2) is 0 Å². The van der Waals surface area contributed by atoms with E-state index >= 15 is 0 Å². The van der Waals surface area contributed by atoms with Gasteiger partial charge in [0.1, 0.15) is 0 Å². The lowest BCUT2D eigenvalue weighted by atomic mass is 9.92. The zero-order valence-corrected chi connectivity index (χ0v) is 6.92. The molecule has 2 aliphatic carbocycles. The number of allylic oxidation sites excluding steroid dienone is 3. The first-order valence-electron chi connectivity index (χ1n) is 4.22. The monoisotopic (exact) mass is 150 g/mol. The Labute approximate surface area is 67.7 Å². The molecule has 1 nitrogen and oxygen atoms in total. The molecule has 1 heteroatoms. The minimum atomic E-state index is 0.606. The molecule has 3 atom stereocenters. The van der Waals surface area contributed by atoms with E-state index in [0.29, 0.717) is 5.92 Å². The normalized spacial score (nSPS) is 39.5. The highest BCUT2D eigenvalue weighted by Crippen LogP contribution is 2.46. The van der Waals surface area contributed by atoms with Gasteiger partial charge in [-0.25, -0.2) is 0 Å². The molecule has 0 aromatic heterocycles. The molecule has 0 amide bonds. The summed E-state index contributed by atoms with van der Waals surface area (Å²) in [7, 11) is 1.72. The van der Waals surface area contributed by atoms with Gasteiger partial charge in [0.25, 0.3) is 0 Å². The fourth-order valence-corrected chi connectivity index (χ4v) is 2.30. The molecule has 2 aliphatic rings. The van der Waals surface area contributed by atoms with Crippen LogP contribution in [0.4, 0.5) is 0 Å². The third-order valence-corrected chi connectivity index (χ3v) is 2.95. The zero-order chi connectivity index (χ0) is 7.84. The van der Waals surface area contributed by atoms with E-state index in [9.17, 15) is 0 Å². The predicted molar refractivity (Wildman–Crippen MR) is 45.0 cm³/mol. The molecule has 1 saturated carbocycles. The van der Waals surface area contributed by atoms with Crippen molar-refractivity contribution in [2.45, 2.75) is 12.8 Å². The molecule has 11 heavy (non-hydrogen) atoms. The maximum atomic E-state index is 5.16. The Balaban J connectivity index is 2.08. The van der Waals surface area contributed by atoms with Gasteiger partial charge < -0.3 is 4.74 Å².